The quantitative estimate of drug-likeness (QED) is 0.820. The lowest BCUT2D eigenvalue weighted by atomic mass is 9.81. The van der Waals surface area contributed by atoms with Crippen molar-refractivity contribution >= 4 is 17.5 Å². The Kier molecular flexibility index (Phi) is 6.03. The van der Waals surface area contributed by atoms with Gasteiger partial charge >= 0.3 is 0 Å². The van der Waals surface area contributed by atoms with Crippen molar-refractivity contribution in [1.29, 1.82) is 0 Å². The number of benzene rings is 1. The fraction of sp³-hybridized carbons (Fsp3) is 0.600. The van der Waals surface area contributed by atoms with Gasteiger partial charge in [0.05, 0.1) is 5.41 Å². The first-order valence-electron chi connectivity index (χ1n) is 9.03. The number of anilines is 1. The van der Waals surface area contributed by atoms with Gasteiger partial charge in [0.1, 0.15) is 0 Å². The Morgan fingerprint density at radius 2 is 1.62 bits per heavy atom. The van der Waals surface area contributed by atoms with E-state index in [-0.39, 0.29) is 24.3 Å². The maximum Gasteiger partial charge on any atom is 0.231 e. The van der Waals surface area contributed by atoms with E-state index < -0.39 is 5.41 Å². The normalized spacial score (nSPS) is 16.4. The minimum absolute atomic E-state index is 0.0174. The molecule has 0 aromatic heterocycles. The lowest BCUT2D eigenvalue weighted by molar-refractivity contribution is -0.132. The van der Waals surface area contributed by atoms with Crippen molar-refractivity contribution < 1.29 is 9.59 Å². The minimum atomic E-state index is -0.560. The molecule has 0 bridgehead atoms. The maximum atomic E-state index is 12.9. The van der Waals surface area contributed by atoms with Crippen molar-refractivity contribution in [3.05, 3.63) is 29.8 Å². The first kappa shape index (κ1) is 18.5. The molecule has 0 aliphatic heterocycles. The zero-order valence-corrected chi connectivity index (χ0v) is 15.3. The fourth-order valence-corrected chi connectivity index (χ4v) is 3.43. The van der Waals surface area contributed by atoms with Crippen LogP contribution in [-0.4, -0.2) is 17.9 Å². The van der Waals surface area contributed by atoms with Crippen LogP contribution in [0, 0.1) is 5.41 Å². The van der Waals surface area contributed by atoms with Gasteiger partial charge in [0.15, 0.2) is 0 Å². The van der Waals surface area contributed by atoms with Crippen LogP contribution in [0.1, 0.15) is 71.3 Å². The summed E-state index contributed by atoms with van der Waals surface area (Å²) >= 11 is 0. The standard InChI is InChI=1S/C20H30N2O2/c1-14(2)16-7-9-17(10-8-16)22-19(24)20(11-5-6-12-20)13-18(23)21-15(3)4/h7-10,14-15H,5-6,11-13H2,1-4H3,(H,21,23)(H,22,24). The second-order valence-electron chi connectivity index (χ2n) is 7.62. The summed E-state index contributed by atoms with van der Waals surface area (Å²) in [5.74, 6) is 0.420. The Labute approximate surface area is 145 Å². The van der Waals surface area contributed by atoms with Gasteiger partial charge in [-0.15, -0.1) is 0 Å². The Hall–Kier alpha value is -1.84. The van der Waals surface area contributed by atoms with Gasteiger partial charge in [0.2, 0.25) is 11.8 Å². The first-order chi connectivity index (χ1) is 11.3. The SMILES string of the molecule is CC(C)NC(=O)CC1(C(=O)Nc2ccc(C(C)C)cc2)CCCC1. The van der Waals surface area contributed by atoms with E-state index in [0.717, 1.165) is 31.4 Å². The molecule has 1 aliphatic carbocycles. The Morgan fingerprint density at radius 3 is 2.12 bits per heavy atom. The minimum Gasteiger partial charge on any atom is -0.354 e. The van der Waals surface area contributed by atoms with E-state index in [4.69, 9.17) is 0 Å². The summed E-state index contributed by atoms with van der Waals surface area (Å²) in [7, 11) is 0. The van der Waals surface area contributed by atoms with Crippen LogP contribution < -0.4 is 10.6 Å². The van der Waals surface area contributed by atoms with Gasteiger partial charge in [-0.05, 0) is 50.3 Å². The van der Waals surface area contributed by atoms with Gasteiger partial charge in [-0.2, -0.15) is 0 Å². The highest BCUT2D eigenvalue weighted by Crippen LogP contribution is 2.42. The predicted octanol–water partition coefficient (Wildman–Crippen LogP) is 4.22. The fourth-order valence-electron chi connectivity index (χ4n) is 3.43. The van der Waals surface area contributed by atoms with Crippen LogP contribution in [-0.2, 0) is 9.59 Å². The monoisotopic (exact) mass is 330 g/mol. The Morgan fingerprint density at radius 1 is 1.04 bits per heavy atom. The molecule has 2 rings (SSSR count). The molecule has 24 heavy (non-hydrogen) atoms. The lowest BCUT2D eigenvalue weighted by Crippen LogP contribution is -2.40. The number of rotatable bonds is 6. The summed E-state index contributed by atoms with van der Waals surface area (Å²) in [6, 6.07) is 8.09. The molecule has 4 nitrogen and oxygen atoms in total. The van der Waals surface area contributed by atoms with Crippen LogP contribution in [0.15, 0.2) is 24.3 Å². The summed E-state index contributed by atoms with van der Waals surface area (Å²) < 4.78 is 0. The largest absolute Gasteiger partial charge is 0.354 e. The number of hydrogen-bond acceptors (Lipinski definition) is 2. The molecule has 0 radical (unpaired) electrons. The molecule has 1 saturated carbocycles. The number of amides is 2. The molecule has 1 aromatic carbocycles. The van der Waals surface area contributed by atoms with Gasteiger partial charge in [-0.25, -0.2) is 0 Å². The van der Waals surface area contributed by atoms with Gasteiger partial charge in [0.25, 0.3) is 0 Å². The van der Waals surface area contributed by atoms with Gasteiger partial charge in [-0.3, -0.25) is 9.59 Å². The van der Waals surface area contributed by atoms with Crippen molar-refractivity contribution in [3.8, 4) is 0 Å². The molecule has 2 amide bonds. The first-order valence-corrected chi connectivity index (χ1v) is 9.03. The predicted molar refractivity (Wildman–Crippen MR) is 98.0 cm³/mol. The van der Waals surface area contributed by atoms with Crippen molar-refractivity contribution in [2.24, 2.45) is 5.41 Å². The molecule has 2 N–H and O–H groups in total. The summed E-state index contributed by atoms with van der Waals surface area (Å²) in [5, 5.41) is 5.94. The highest BCUT2D eigenvalue weighted by molar-refractivity contribution is 5.98. The topological polar surface area (TPSA) is 58.2 Å². The van der Waals surface area contributed by atoms with Gasteiger partial charge in [0, 0.05) is 18.2 Å². The van der Waals surface area contributed by atoms with Crippen LogP contribution in [0.2, 0.25) is 0 Å². The van der Waals surface area contributed by atoms with Crippen LogP contribution in [0.3, 0.4) is 0 Å². The summed E-state index contributed by atoms with van der Waals surface area (Å²) in [6.07, 6.45) is 3.87. The Bertz CT molecular complexity index is 570. The van der Waals surface area contributed by atoms with E-state index in [9.17, 15) is 9.59 Å². The molecule has 1 aromatic rings. The molecular weight excluding hydrogens is 300 g/mol. The van der Waals surface area contributed by atoms with Crippen molar-refractivity contribution in [2.75, 3.05) is 5.32 Å². The Balaban J connectivity index is 2.07. The molecule has 132 valence electrons. The third kappa shape index (κ3) is 4.59. The zero-order valence-electron chi connectivity index (χ0n) is 15.3. The molecule has 0 heterocycles. The molecule has 0 atom stereocenters. The summed E-state index contributed by atoms with van der Waals surface area (Å²) in [5.41, 5.74) is 1.50. The van der Waals surface area contributed by atoms with Crippen molar-refractivity contribution in [1.82, 2.24) is 5.32 Å². The summed E-state index contributed by atoms with van der Waals surface area (Å²) in [6.45, 7) is 8.17. The third-order valence-electron chi connectivity index (χ3n) is 4.83. The van der Waals surface area contributed by atoms with E-state index in [0.29, 0.717) is 5.92 Å². The van der Waals surface area contributed by atoms with Crippen LogP contribution in [0.25, 0.3) is 0 Å². The molecular formula is C20H30N2O2. The van der Waals surface area contributed by atoms with Crippen LogP contribution in [0.5, 0.6) is 0 Å². The van der Waals surface area contributed by atoms with Crippen LogP contribution >= 0.6 is 0 Å². The molecule has 1 aliphatic rings. The number of nitrogens with one attached hydrogen (secondary N) is 2. The average molecular weight is 330 g/mol. The number of carbonyl (C=O) groups is 2. The van der Waals surface area contributed by atoms with Crippen molar-refractivity contribution in [3.63, 3.8) is 0 Å². The van der Waals surface area contributed by atoms with Gasteiger partial charge < -0.3 is 10.6 Å². The second-order valence-corrected chi connectivity index (χ2v) is 7.62. The van der Waals surface area contributed by atoms with E-state index >= 15 is 0 Å². The highest BCUT2D eigenvalue weighted by atomic mass is 16.2. The van der Waals surface area contributed by atoms with E-state index in [1.54, 1.807) is 0 Å². The van der Waals surface area contributed by atoms with Crippen molar-refractivity contribution in [2.45, 2.75) is 71.8 Å². The van der Waals surface area contributed by atoms with E-state index in [1.165, 1.54) is 5.56 Å². The number of carbonyl (C=O) groups excluding carboxylic acids is 2. The average Bonchev–Trinajstić information content (AvgIpc) is 2.96. The molecule has 0 saturated heterocycles. The lowest BCUT2D eigenvalue weighted by Gasteiger charge is -2.27. The smallest absolute Gasteiger partial charge is 0.231 e. The molecule has 0 unspecified atom stereocenters. The highest BCUT2D eigenvalue weighted by Gasteiger charge is 2.42. The number of hydrogen-bond donors (Lipinski definition) is 2. The van der Waals surface area contributed by atoms with E-state index in [1.807, 2.05) is 38.1 Å². The summed E-state index contributed by atoms with van der Waals surface area (Å²) in [4.78, 5) is 25.1. The van der Waals surface area contributed by atoms with E-state index in [2.05, 4.69) is 24.5 Å². The third-order valence-corrected chi connectivity index (χ3v) is 4.83. The molecule has 1 fully saturated rings. The second kappa shape index (κ2) is 7.82. The maximum absolute atomic E-state index is 12.9. The molecule has 4 heteroatoms. The zero-order chi connectivity index (χ0) is 17.7. The van der Waals surface area contributed by atoms with Crippen LogP contribution in [0.4, 0.5) is 5.69 Å². The van der Waals surface area contributed by atoms with Gasteiger partial charge in [-0.1, -0.05) is 38.8 Å². The molecule has 0 spiro atoms.